The summed E-state index contributed by atoms with van der Waals surface area (Å²) in [5, 5.41) is 9.25. The Bertz CT molecular complexity index is 900. The van der Waals surface area contributed by atoms with Crippen molar-refractivity contribution in [3.63, 3.8) is 0 Å². The molecule has 4 rings (SSSR count). The van der Waals surface area contributed by atoms with Gasteiger partial charge in [-0.05, 0) is 104 Å². The molecule has 0 spiro atoms. The number of hydrogen-bond acceptors (Lipinski definition) is 3. The third kappa shape index (κ3) is 5.57. The molecule has 0 radical (unpaired) electrons. The monoisotopic (exact) mass is 426 g/mol. The number of hydrogen-bond donors (Lipinski definition) is 1. The van der Waals surface area contributed by atoms with E-state index in [-0.39, 0.29) is 24.1 Å². The fraction of sp³-hybridized carbons (Fsp3) is 0.500. The number of methoxy groups -OCH3 is 1. The van der Waals surface area contributed by atoms with Crippen LogP contribution in [0.3, 0.4) is 0 Å². The average molecular weight is 427 g/mol. The van der Waals surface area contributed by atoms with Gasteiger partial charge >= 0.3 is 5.97 Å². The molecule has 0 unspecified atom stereocenters. The van der Waals surface area contributed by atoms with Gasteiger partial charge in [0.2, 0.25) is 0 Å². The zero-order valence-electron chi connectivity index (χ0n) is 18.1. The summed E-state index contributed by atoms with van der Waals surface area (Å²) in [7, 11) is 1.61. The molecular weight excluding hydrogens is 395 g/mol. The molecule has 2 fully saturated rings. The number of aliphatic carboxylic acids is 1. The lowest BCUT2D eigenvalue weighted by molar-refractivity contribution is -0.137. The van der Waals surface area contributed by atoms with Gasteiger partial charge in [0.15, 0.2) is 0 Å². The summed E-state index contributed by atoms with van der Waals surface area (Å²) >= 11 is 0. The van der Waals surface area contributed by atoms with Gasteiger partial charge in [-0.1, -0.05) is 12.1 Å². The fourth-order valence-corrected chi connectivity index (χ4v) is 4.89. The van der Waals surface area contributed by atoms with Gasteiger partial charge in [-0.15, -0.1) is 0 Å². The number of carbonyl (C=O) groups is 1. The molecule has 2 aromatic carbocycles. The van der Waals surface area contributed by atoms with Gasteiger partial charge < -0.3 is 14.6 Å². The zero-order chi connectivity index (χ0) is 21.8. The van der Waals surface area contributed by atoms with E-state index in [0.29, 0.717) is 24.2 Å². The third-order valence-electron chi connectivity index (χ3n) is 6.85. The highest BCUT2D eigenvalue weighted by molar-refractivity contribution is 5.68. The van der Waals surface area contributed by atoms with E-state index in [1.165, 1.54) is 6.07 Å². The van der Waals surface area contributed by atoms with E-state index < -0.39 is 5.97 Å². The van der Waals surface area contributed by atoms with E-state index in [1.54, 1.807) is 13.2 Å². The molecule has 5 heteroatoms. The summed E-state index contributed by atoms with van der Waals surface area (Å²) < 4.78 is 25.6. The Balaban J connectivity index is 1.31. The SMILES string of the molecule is COc1ccc(F)c([C@H]2CC[C@H](COc3cccc([C@@H](CC(=O)O)C4CC4)c3)CC2)c1. The molecule has 0 amide bonds. The van der Waals surface area contributed by atoms with Crippen molar-refractivity contribution in [2.45, 2.75) is 56.8 Å². The Morgan fingerprint density at radius 1 is 1.06 bits per heavy atom. The molecule has 2 aromatic rings. The minimum absolute atomic E-state index is 0.0780. The number of carboxylic acid groups (broad SMARTS) is 1. The molecule has 2 aliphatic rings. The van der Waals surface area contributed by atoms with Crippen molar-refractivity contribution in [3.05, 3.63) is 59.4 Å². The lowest BCUT2D eigenvalue weighted by Gasteiger charge is -2.29. The van der Waals surface area contributed by atoms with Crippen LogP contribution in [-0.4, -0.2) is 24.8 Å². The van der Waals surface area contributed by atoms with Crippen molar-refractivity contribution in [1.82, 2.24) is 0 Å². The molecule has 0 heterocycles. The number of ether oxygens (including phenoxy) is 2. The standard InChI is InChI=1S/C26H31FO4/c1-30-21-11-12-25(27)24(14-21)19-7-5-17(6-8-19)16-31-22-4-2-3-20(13-22)23(15-26(28)29)18-9-10-18/h2-4,11-14,17-19,23H,5-10,15-16H2,1H3,(H,28,29)/t17-,19-,23-/m0/s1. The van der Waals surface area contributed by atoms with Crippen LogP contribution in [0.5, 0.6) is 11.5 Å². The van der Waals surface area contributed by atoms with Gasteiger partial charge in [0.05, 0.1) is 20.1 Å². The number of benzene rings is 2. The molecular formula is C26H31FO4. The van der Waals surface area contributed by atoms with E-state index in [2.05, 4.69) is 0 Å². The summed E-state index contributed by atoms with van der Waals surface area (Å²) in [6.07, 6.45) is 6.30. The van der Waals surface area contributed by atoms with Crippen molar-refractivity contribution >= 4 is 5.97 Å². The first-order chi connectivity index (χ1) is 15.0. The lowest BCUT2D eigenvalue weighted by atomic mass is 9.79. The van der Waals surface area contributed by atoms with Gasteiger partial charge in [0, 0.05) is 0 Å². The number of halogens is 1. The highest BCUT2D eigenvalue weighted by Crippen LogP contribution is 2.45. The first-order valence-corrected chi connectivity index (χ1v) is 11.3. The molecule has 1 N–H and O–H groups in total. The largest absolute Gasteiger partial charge is 0.497 e. The second kappa shape index (κ2) is 9.71. The minimum Gasteiger partial charge on any atom is -0.497 e. The van der Waals surface area contributed by atoms with Crippen molar-refractivity contribution in [3.8, 4) is 11.5 Å². The molecule has 0 aromatic heterocycles. The molecule has 0 bridgehead atoms. The Morgan fingerprint density at radius 2 is 1.84 bits per heavy atom. The zero-order valence-corrected chi connectivity index (χ0v) is 18.1. The summed E-state index contributed by atoms with van der Waals surface area (Å²) in [5.74, 6) is 1.87. The van der Waals surface area contributed by atoms with Crippen LogP contribution in [-0.2, 0) is 4.79 Å². The Kier molecular flexibility index (Phi) is 6.79. The summed E-state index contributed by atoms with van der Waals surface area (Å²) in [5.41, 5.74) is 1.83. The first kappa shape index (κ1) is 21.7. The molecule has 166 valence electrons. The van der Waals surface area contributed by atoms with Crippen LogP contribution in [0.25, 0.3) is 0 Å². The topological polar surface area (TPSA) is 55.8 Å². The van der Waals surface area contributed by atoms with Crippen molar-refractivity contribution in [1.29, 1.82) is 0 Å². The Hall–Kier alpha value is -2.56. The van der Waals surface area contributed by atoms with Crippen LogP contribution in [0.2, 0.25) is 0 Å². The highest BCUT2D eigenvalue weighted by atomic mass is 19.1. The van der Waals surface area contributed by atoms with E-state index in [0.717, 1.165) is 55.4 Å². The van der Waals surface area contributed by atoms with Gasteiger partial charge in [-0.25, -0.2) is 4.39 Å². The Labute approximate surface area is 183 Å². The van der Waals surface area contributed by atoms with Crippen LogP contribution in [0.4, 0.5) is 4.39 Å². The van der Waals surface area contributed by atoms with E-state index in [1.807, 2.05) is 30.3 Å². The molecule has 2 aliphatic carbocycles. The first-order valence-electron chi connectivity index (χ1n) is 11.3. The molecule has 0 saturated heterocycles. The summed E-state index contributed by atoms with van der Waals surface area (Å²) in [6.45, 7) is 0.643. The molecule has 0 aliphatic heterocycles. The smallest absolute Gasteiger partial charge is 0.303 e. The predicted molar refractivity (Wildman–Crippen MR) is 117 cm³/mol. The average Bonchev–Trinajstić information content (AvgIpc) is 3.62. The van der Waals surface area contributed by atoms with Gasteiger partial charge in [0.25, 0.3) is 0 Å². The van der Waals surface area contributed by atoms with E-state index in [9.17, 15) is 14.3 Å². The lowest BCUT2D eigenvalue weighted by Crippen LogP contribution is -2.20. The van der Waals surface area contributed by atoms with E-state index >= 15 is 0 Å². The summed E-state index contributed by atoms with van der Waals surface area (Å²) in [4.78, 5) is 11.3. The highest BCUT2D eigenvalue weighted by Gasteiger charge is 2.34. The fourth-order valence-electron chi connectivity index (χ4n) is 4.89. The van der Waals surface area contributed by atoms with Crippen LogP contribution >= 0.6 is 0 Å². The molecule has 1 atom stereocenters. The molecule has 31 heavy (non-hydrogen) atoms. The van der Waals surface area contributed by atoms with Crippen LogP contribution in [0.1, 0.15) is 67.9 Å². The third-order valence-corrected chi connectivity index (χ3v) is 6.85. The second-order valence-electron chi connectivity index (χ2n) is 9.03. The number of rotatable bonds is 9. The second-order valence-corrected chi connectivity index (χ2v) is 9.03. The maximum absolute atomic E-state index is 14.3. The normalized spacial score (nSPS) is 22.0. The van der Waals surface area contributed by atoms with Crippen molar-refractivity contribution < 1.29 is 23.8 Å². The molecule has 2 saturated carbocycles. The molecule has 4 nitrogen and oxygen atoms in total. The Morgan fingerprint density at radius 3 is 2.52 bits per heavy atom. The van der Waals surface area contributed by atoms with Gasteiger partial charge in [-0.3, -0.25) is 4.79 Å². The minimum atomic E-state index is -0.743. The quantitative estimate of drug-likeness (QED) is 0.522. The number of carboxylic acids is 1. The van der Waals surface area contributed by atoms with Gasteiger partial charge in [0.1, 0.15) is 17.3 Å². The van der Waals surface area contributed by atoms with Crippen LogP contribution in [0, 0.1) is 17.7 Å². The summed E-state index contributed by atoms with van der Waals surface area (Å²) in [6, 6.07) is 12.9. The maximum Gasteiger partial charge on any atom is 0.303 e. The van der Waals surface area contributed by atoms with E-state index in [4.69, 9.17) is 9.47 Å². The van der Waals surface area contributed by atoms with Crippen molar-refractivity contribution in [2.24, 2.45) is 11.8 Å². The van der Waals surface area contributed by atoms with Gasteiger partial charge in [-0.2, -0.15) is 0 Å². The van der Waals surface area contributed by atoms with Crippen LogP contribution in [0.15, 0.2) is 42.5 Å². The van der Waals surface area contributed by atoms with Crippen molar-refractivity contribution in [2.75, 3.05) is 13.7 Å². The van der Waals surface area contributed by atoms with Crippen LogP contribution < -0.4 is 9.47 Å². The predicted octanol–water partition coefficient (Wildman–Crippen LogP) is 6.16. The maximum atomic E-state index is 14.3.